The van der Waals surface area contributed by atoms with E-state index in [1.807, 2.05) is 0 Å². The van der Waals surface area contributed by atoms with Gasteiger partial charge in [-0.2, -0.15) is 8.99 Å². The van der Waals surface area contributed by atoms with E-state index in [2.05, 4.69) is 20.8 Å². The van der Waals surface area contributed by atoms with Crippen LogP contribution in [-0.4, -0.2) is 72.3 Å². The van der Waals surface area contributed by atoms with Gasteiger partial charge in [-0.3, -0.25) is 4.79 Å². The number of nitrogens with one attached hydrogen (secondary N) is 1. The second kappa shape index (κ2) is 9.83. The molecule has 0 bridgehead atoms. The molecule has 1 amide bonds. The lowest BCUT2D eigenvalue weighted by Gasteiger charge is -2.26. The van der Waals surface area contributed by atoms with Crippen LogP contribution in [0, 0.1) is 12.7 Å². The third-order valence-corrected chi connectivity index (χ3v) is 7.19. The number of anilines is 1. The number of rotatable bonds is 7. The lowest BCUT2D eigenvalue weighted by molar-refractivity contribution is -0.115. The molecule has 0 unspecified atom stereocenters. The minimum absolute atomic E-state index is 0.0375. The van der Waals surface area contributed by atoms with E-state index in [0.717, 1.165) is 0 Å². The number of aromatic nitrogens is 4. The van der Waals surface area contributed by atoms with Gasteiger partial charge in [0.05, 0.1) is 38.1 Å². The summed E-state index contributed by atoms with van der Waals surface area (Å²) in [6.07, 6.45) is -0.177. The highest BCUT2D eigenvalue weighted by Gasteiger charge is 2.29. The van der Waals surface area contributed by atoms with Crippen LogP contribution in [0.25, 0.3) is 5.69 Å². The Morgan fingerprint density at radius 3 is 2.65 bits per heavy atom. The van der Waals surface area contributed by atoms with Gasteiger partial charge in [0.25, 0.3) is 0 Å². The molecular weight excluding hydrogens is 467 g/mol. The lowest BCUT2D eigenvalue weighted by atomic mass is 10.1. The minimum atomic E-state index is -3.85. The van der Waals surface area contributed by atoms with Crippen molar-refractivity contribution in [2.75, 3.05) is 38.7 Å². The quantitative estimate of drug-likeness (QED) is 0.525. The fourth-order valence-electron chi connectivity index (χ4n) is 3.55. The molecular formula is C21H23FN6O5S. The van der Waals surface area contributed by atoms with Gasteiger partial charge in [0.1, 0.15) is 16.5 Å². The maximum Gasteiger partial charge on any atom is 0.246 e. The molecule has 0 saturated carbocycles. The number of methoxy groups -OCH3 is 1. The number of nitrogens with zero attached hydrogens (tertiary/aromatic N) is 5. The highest BCUT2D eigenvalue weighted by atomic mass is 32.2. The van der Waals surface area contributed by atoms with Gasteiger partial charge in [-0.15, -0.1) is 5.10 Å². The molecule has 2 aromatic carbocycles. The van der Waals surface area contributed by atoms with E-state index < -0.39 is 21.7 Å². The van der Waals surface area contributed by atoms with Crippen molar-refractivity contribution in [3.63, 3.8) is 0 Å². The predicted molar refractivity (Wildman–Crippen MR) is 119 cm³/mol. The zero-order valence-corrected chi connectivity index (χ0v) is 19.4. The summed E-state index contributed by atoms with van der Waals surface area (Å²) in [5, 5.41) is 13.7. The fourth-order valence-corrected chi connectivity index (χ4v) is 5.16. The molecule has 3 aromatic rings. The zero-order valence-electron chi connectivity index (χ0n) is 18.6. The molecule has 1 fully saturated rings. The number of hydrogen-bond acceptors (Lipinski definition) is 8. The number of ether oxygens (including phenoxy) is 2. The molecule has 1 saturated heterocycles. The molecule has 34 heavy (non-hydrogen) atoms. The number of amides is 1. The number of tetrazole rings is 1. The number of carbonyl (C=O) groups excluding carboxylic acids is 1. The number of benzene rings is 2. The molecule has 1 N–H and O–H groups in total. The van der Waals surface area contributed by atoms with Crippen molar-refractivity contribution >= 4 is 21.6 Å². The van der Waals surface area contributed by atoms with E-state index in [1.54, 1.807) is 13.0 Å². The van der Waals surface area contributed by atoms with Gasteiger partial charge in [-0.25, -0.2) is 12.8 Å². The Kier molecular flexibility index (Phi) is 6.86. The number of morpholine rings is 1. The third-order valence-electron chi connectivity index (χ3n) is 5.27. The second-order valence-electron chi connectivity index (χ2n) is 7.53. The van der Waals surface area contributed by atoms with Crippen LogP contribution in [0.2, 0.25) is 0 Å². The van der Waals surface area contributed by atoms with Crippen LogP contribution < -0.4 is 10.1 Å². The Balaban J connectivity index is 1.55. The van der Waals surface area contributed by atoms with Crippen molar-refractivity contribution < 1.29 is 27.1 Å². The molecule has 11 nitrogen and oxygen atoms in total. The Labute approximate surface area is 195 Å². The van der Waals surface area contributed by atoms with Crippen molar-refractivity contribution in [1.29, 1.82) is 0 Å². The number of carbonyl (C=O) groups is 1. The van der Waals surface area contributed by atoms with Crippen LogP contribution in [0.15, 0.2) is 41.3 Å². The molecule has 1 aliphatic heterocycles. The summed E-state index contributed by atoms with van der Waals surface area (Å²) in [5.74, 6) is -0.486. The Morgan fingerprint density at radius 1 is 1.21 bits per heavy atom. The molecule has 0 spiro atoms. The smallest absolute Gasteiger partial charge is 0.246 e. The SMILES string of the molecule is COc1ccc(CC(=O)Nc2cc(-n3nnnc3C)ccc2F)cc1S(=O)(=O)N1CCOCC1. The van der Waals surface area contributed by atoms with Gasteiger partial charge in [0.15, 0.2) is 5.82 Å². The van der Waals surface area contributed by atoms with Gasteiger partial charge in [0.2, 0.25) is 15.9 Å². The number of aryl methyl sites for hydroxylation is 1. The predicted octanol–water partition coefficient (Wildman–Crippen LogP) is 1.32. The number of halogens is 1. The summed E-state index contributed by atoms with van der Waals surface area (Å²) in [5.41, 5.74) is 0.854. The fraction of sp³-hybridized carbons (Fsp3) is 0.333. The zero-order chi connectivity index (χ0) is 24.3. The van der Waals surface area contributed by atoms with E-state index in [4.69, 9.17) is 9.47 Å². The highest BCUT2D eigenvalue weighted by molar-refractivity contribution is 7.89. The van der Waals surface area contributed by atoms with Crippen LogP contribution in [0.3, 0.4) is 0 Å². The van der Waals surface area contributed by atoms with Crippen molar-refractivity contribution in [3.8, 4) is 11.4 Å². The lowest BCUT2D eigenvalue weighted by Crippen LogP contribution is -2.40. The van der Waals surface area contributed by atoms with Crippen LogP contribution in [0.5, 0.6) is 5.75 Å². The second-order valence-corrected chi connectivity index (χ2v) is 9.44. The normalized spacial score (nSPS) is 14.7. The highest BCUT2D eigenvalue weighted by Crippen LogP contribution is 2.29. The topological polar surface area (TPSA) is 129 Å². The van der Waals surface area contributed by atoms with Gasteiger partial charge in [-0.1, -0.05) is 6.07 Å². The summed E-state index contributed by atoms with van der Waals surface area (Å²) in [6.45, 7) is 2.75. The molecule has 1 aromatic heterocycles. The minimum Gasteiger partial charge on any atom is -0.495 e. The summed E-state index contributed by atoms with van der Waals surface area (Å²) >= 11 is 0. The molecule has 0 radical (unpaired) electrons. The first-order valence-electron chi connectivity index (χ1n) is 10.4. The van der Waals surface area contributed by atoms with Crippen molar-refractivity contribution in [2.24, 2.45) is 0 Å². The third kappa shape index (κ3) is 4.90. The van der Waals surface area contributed by atoms with Crippen LogP contribution in [-0.2, 0) is 26.0 Å². The Morgan fingerprint density at radius 2 is 1.97 bits per heavy atom. The monoisotopic (exact) mass is 490 g/mol. The van der Waals surface area contributed by atoms with E-state index >= 15 is 0 Å². The van der Waals surface area contributed by atoms with Crippen LogP contribution >= 0.6 is 0 Å². The van der Waals surface area contributed by atoms with Crippen molar-refractivity contribution in [2.45, 2.75) is 18.2 Å². The molecule has 2 heterocycles. The van der Waals surface area contributed by atoms with Gasteiger partial charge >= 0.3 is 0 Å². The van der Waals surface area contributed by atoms with E-state index in [1.165, 1.54) is 46.4 Å². The Bertz CT molecular complexity index is 1310. The molecule has 0 atom stereocenters. The van der Waals surface area contributed by atoms with Crippen molar-refractivity contribution in [3.05, 3.63) is 53.6 Å². The van der Waals surface area contributed by atoms with Crippen LogP contribution in [0.4, 0.5) is 10.1 Å². The van der Waals surface area contributed by atoms with Crippen molar-refractivity contribution in [1.82, 2.24) is 24.5 Å². The van der Waals surface area contributed by atoms with Crippen LogP contribution in [0.1, 0.15) is 11.4 Å². The maximum absolute atomic E-state index is 14.3. The first-order chi connectivity index (χ1) is 16.3. The largest absolute Gasteiger partial charge is 0.495 e. The molecule has 4 rings (SSSR count). The van der Waals surface area contributed by atoms with E-state index in [-0.39, 0.29) is 35.8 Å². The first kappa shape index (κ1) is 23.7. The van der Waals surface area contributed by atoms with Gasteiger partial charge < -0.3 is 14.8 Å². The standard InChI is InChI=1S/C21H23FN6O5S/c1-14-24-25-26-28(14)16-4-5-17(22)18(13-16)23-21(29)12-15-3-6-19(32-2)20(11-15)34(30,31)27-7-9-33-10-8-27/h3-6,11,13H,7-10,12H2,1-2H3,(H,23,29). The summed E-state index contributed by atoms with van der Waals surface area (Å²) in [4.78, 5) is 12.6. The maximum atomic E-state index is 14.3. The van der Waals surface area contributed by atoms with E-state index in [0.29, 0.717) is 30.3 Å². The summed E-state index contributed by atoms with van der Waals surface area (Å²) in [6, 6.07) is 8.60. The van der Waals surface area contributed by atoms with Gasteiger partial charge in [-0.05, 0) is 53.2 Å². The summed E-state index contributed by atoms with van der Waals surface area (Å²) < 4.78 is 53.8. The van der Waals surface area contributed by atoms with Gasteiger partial charge in [0, 0.05) is 13.1 Å². The van der Waals surface area contributed by atoms with E-state index in [9.17, 15) is 17.6 Å². The average Bonchev–Trinajstić information content (AvgIpc) is 3.26. The summed E-state index contributed by atoms with van der Waals surface area (Å²) in [7, 11) is -2.47. The molecule has 13 heteroatoms. The Hall–Kier alpha value is -3.42. The molecule has 1 aliphatic rings. The first-order valence-corrected chi connectivity index (χ1v) is 11.8. The molecule has 180 valence electrons. The average molecular weight is 491 g/mol. The molecule has 0 aliphatic carbocycles. The number of hydrogen-bond donors (Lipinski definition) is 1. The number of sulfonamides is 1.